The molecule has 1 aromatic rings. The number of rotatable bonds is 5. The van der Waals surface area contributed by atoms with Gasteiger partial charge in [0, 0.05) is 23.6 Å². The molecule has 0 radical (unpaired) electrons. The lowest BCUT2D eigenvalue weighted by molar-refractivity contribution is -0.132. The first-order valence-corrected chi connectivity index (χ1v) is 7.38. The largest absolute Gasteiger partial charge is 0.493 e. The molecule has 0 spiro atoms. The maximum atomic E-state index is 12.1. The molecular weight excluding hydrogens is 308 g/mol. The number of likely N-dealkylation sites (tertiary alicyclic amines) is 1. The molecule has 1 aromatic carbocycles. The summed E-state index contributed by atoms with van der Waals surface area (Å²) in [7, 11) is 0. The van der Waals surface area contributed by atoms with Gasteiger partial charge in [0.25, 0.3) is 0 Å². The molecule has 1 unspecified atom stereocenters. The third-order valence-corrected chi connectivity index (χ3v) is 3.84. The van der Waals surface area contributed by atoms with E-state index in [0.717, 1.165) is 29.6 Å². The van der Waals surface area contributed by atoms with Crippen molar-refractivity contribution in [1.29, 1.82) is 0 Å². The monoisotopic (exact) mass is 326 g/mol. The van der Waals surface area contributed by atoms with E-state index in [1.165, 1.54) is 0 Å². The zero-order chi connectivity index (χ0) is 13.7. The maximum absolute atomic E-state index is 12.1. The van der Waals surface area contributed by atoms with Crippen LogP contribution in [0.15, 0.2) is 28.7 Å². The van der Waals surface area contributed by atoms with Gasteiger partial charge >= 0.3 is 0 Å². The van der Waals surface area contributed by atoms with E-state index < -0.39 is 0 Å². The van der Waals surface area contributed by atoms with Crippen molar-refractivity contribution in [2.24, 2.45) is 5.73 Å². The van der Waals surface area contributed by atoms with Crippen LogP contribution in [0.5, 0.6) is 5.75 Å². The number of carbonyl (C=O) groups excluding carboxylic acids is 1. The van der Waals surface area contributed by atoms with Crippen LogP contribution in [0.4, 0.5) is 0 Å². The van der Waals surface area contributed by atoms with Crippen LogP contribution < -0.4 is 10.5 Å². The Balaban J connectivity index is 1.78. The van der Waals surface area contributed by atoms with Gasteiger partial charge in [0.2, 0.25) is 5.91 Å². The fourth-order valence-electron chi connectivity index (χ4n) is 2.37. The summed E-state index contributed by atoms with van der Waals surface area (Å²) in [6, 6.07) is 7.84. The zero-order valence-electron chi connectivity index (χ0n) is 10.8. The van der Waals surface area contributed by atoms with Gasteiger partial charge in [0.15, 0.2) is 0 Å². The number of carbonyl (C=O) groups is 1. The molecular formula is C14H19BrN2O2. The Hall–Kier alpha value is -1.07. The molecule has 19 heavy (non-hydrogen) atoms. The van der Waals surface area contributed by atoms with Crippen molar-refractivity contribution in [2.75, 3.05) is 19.7 Å². The predicted molar refractivity (Wildman–Crippen MR) is 78.0 cm³/mol. The summed E-state index contributed by atoms with van der Waals surface area (Å²) in [5.74, 6) is 0.918. The van der Waals surface area contributed by atoms with E-state index in [0.29, 0.717) is 19.6 Å². The van der Waals surface area contributed by atoms with E-state index in [2.05, 4.69) is 15.9 Å². The topological polar surface area (TPSA) is 55.6 Å². The first kappa shape index (κ1) is 14.3. The van der Waals surface area contributed by atoms with Gasteiger partial charge in [0.05, 0.1) is 13.0 Å². The highest BCUT2D eigenvalue weighted by Crippen LogP contribution is 2.19. The van der Waals surface area contributed by atoms with Gasteiger partial charge in [-0.3, -0.25) is 4.79 Å². The molecule has 104 valence electrons. The second-order valence-corrected chi connectivity index (χ2v) is 5.59. The Bertz CT molecular complexity index is 439. The minimum atomic E-state index is 0.142. The van der Waals surface area contributed by atoms with Gasteiger partial charge in [-0.25, -0.2) is 0 Å². The first-order valence-electron chi connectivity index (χ1n) is 6.58. The molecule has 0 saturated carbocycles. The van der Waals surface area contributed by atoms with E-state index in [9.17, 15) is 4.79 Å². The molecule has 1 atom stereocenters. The molecule has 5 heteroatoms. The lowest BCUT2D eigenvalue weighted by atomic mass is 10.2. The summed E-state index contributed by atoms with van der Waals surface area (Å²) in [6.45, 7) is 1.79. The Kier molecular flexibility index (Phi) is 5.22. The van der Waals surface area contributed by atoms with Crippen LogP contribution in [-0.2, 0) is 4.79 Å². The van der Waals surface area contributed by atoms with Gasteiger partial charge in [-0.15, -0.1) is 0 Å². The molecule has 1 heterocycles. The second kappa shape index (κ2) is 6.91. The SMILES string of the molecule is NCC1CCCN1C(=O)CCOc1cccc(Br)c1. The van der Waals surface area contributed by atoms with Crippen molar-refractivity contribution in [1.82, 2.24) is 4.90 Å². The summed E-state index contributed by atoms with van der Waals surface area (Å²) in [5, 5.41) is 0. The summed E-state index contributed by atoms with van der Waals surface area (Å²) < 4.78 is 6.55. The van der Waals surface area contributed by atoms with Crippen LogP contribution in [0.2, 0.25) is 0 Å². The van der Waals surface area contributed by atoms with Gasteiger partial charge in [-0.1, -0.05) is 22.0 Å². The van der Waals surface area contributed by atoms with Crippen molar-refractivity contribution >= 4 is 21.8 Å². The predicted octanol–water partition coefficient (Wildman–Crippen LogP) is 2.17. The highest BCUT2D eigenvalue weighted by atomic mass is 79.9. The van der Waals surface area contributed by atoms with Crippen molar-refractivity contribution < 1.29 is 9.53 Å². The highest BCUT2D eigenvalue weighted by Gasteiger charge is 2.26. The number of benzene rings is 1. The number of hydrogen-bond donors (Lipinski definition) is 1. The van der Waals surface area contributed by atoms with E-state index in [-0.39, 0.29) is 11.9 Å². The fourth-order valence-corrected chi connectivity index (χ4v) is 2.74. The fraction of sp³-hybridized carbons (Fsp3) is 0.500. The number of nitrogens with two attached hydrogens (primary N) is 1. The van der Waals surface area contributed by atoms with Gasteiger partial charge in [-0.2, -0.15) is 0 Å². The number of ether oxygens (including phenoxy) is 1. The van der Waals surface area contributed by atoms with E-state index >= 15 is 0 Å². The number of nitrogens with zero attached hydrogens (tertiary/aromatic N) is 1. The van der Waals surface area contributed by atoms with Crippen molar-refractivity contribution in [2.45, 2.75) is 25.3 Å². The van der Waals surface area contributed by atoms with Crippen molar-refractivity contribution in [3.63, 3.8) is 0 Å². The van der Waals surface area contributed by atoms with Gasteiger partial charge in [-0.05, 0) is 31.0 Å². The highest BCUT2D eigenvalue weighted by molar-refractivity contribution is 9.10. The van der Waals surface area contributed by atoms with Gasteiger partial charge < -0.3 is 15.4 Å². The standard InChI is InChI=1S/C14H19BrN2O2/c15-11-3-1-5-13(9-11)19-8-6-14(18)17-7-2-4-12(17)10-16/h1,3,5,9,12H,2,4,6-8,10,16H2. The maximum Gasteiger partial charge on any atom is 0.226 e. The Morgan fingerprint density at radius 1 is 1.53 bits per heavy atom. The first-order chi connectivity index (χ1) is 9.20. The average molecular weight is 327 g/mol. The molecule has 1 fully saturated rings. The summed E-state index contributed by atoms with van der Waals surface area (Å²) in [5.41, 5.74) is 5.67. The molecule has 2 rings (SSSR count). The van der Waals surface area contributed by atoms with Crippen LogP contribution in [0.25, 0.3) is 0 Å². The third-order valence-electron chi connectivity index (χ3n) is 3.35. The molecule has 4 nitrogen and oxygen atoms in total. The van der Waals surface area contributed by atoms with Crippen LogP contribution in [0.1, 0.15) is 19.3 Å². The minimum absolute atomic E-state index is 0.142. The summed E-state index contributed by atoms with van der Waals surface area (Å²) in [6.07, 6.45) is 2.48. The summed E-state index contributed by atoms with van der Waals surface area (Å²) in [4.78, 5) is 13.9. The smallest absolute Gasteiger partial charge is 0.226 e. The van der Waals surface area contributed by atoms with E-state index in [4.69, 9.17) is 10.5 Å². The van der Waals surface area contributed by atoms with E-state index in [1.807, 2.05) is 29.2 Å². The van der Waals surface area contributed by atoms with Crippen molar-refractivity contribution in [3.8, 4) is 5.75 Å². The quantitative estimate of drug-likeness (QED) is 0.902. The summed E-state index contributed by atoms with van der Waals surface area (Å²) >= 11 is 3.39. The molecule has 1 aliphatic heterocycles. The second-order valence-electron chi connectivity index (χ2n) is 4.67. The number of hydrogen-bond acceptors (Lipinski definition) is 3. The van der Waals surface area contributed by atoms with Crippen LogP contribution >= 0.6 is 15.9 Å². The molecule has 1 amide bonds. The normalized spacial score (nSPS) is 18.6. The lowest BCUT2D eigenvalue weighted by Gasteiger charge is -2.23. The molecule has 0 aliphatic carbocycles. The van der Waals surface area contributed by atoms with Crippen LogP contribution in [-0.4, -0.2) is 36.5 Å². The average Bonchev–Trinajstić information content (AvgIpc) is 2.87. The van der Waals surface area contributed by atoms with Crippen LogP contribution in [0.3, 0.4) is 0 Å². The van der Waals surface area contributed by atoms with Crippen molar-refractivity contribution in [3.05, 3.63) is 28.7 Å². The Labute approximate surface area is 122 Å². The lowest BCUT2D eigenvalue weighted by Crippen LogP contribution is -2.40. The Morgan fingerprint density at radius 2 is 2.37 bits per heavy atom. The number of amides is 1. The number of halogens is 1. The molecule has 0 aromatic heterocycles. The molecule has 2 N–H and O–H groups in total. The van der Waals surface area contributed by atoms with Crippen LogP contribution in [0, 0.1) is 0 Å². The molecule has 1 aliphatic rings. The minimum Gasteiger partial charge on any atom is -0.493 e. The third kappa shape index (κ3) is 3.94. The van der Waals surface area contributed by atoms with Gasteiger partial charge in [0.1, 0.15) is 5.75 Å². The molecule has 0 bridgehead atoms. The van der Waals surface area contributed by atoms with E-state index in [1.54, 1.807) is 0 Å². The Morgan fingerprint density at radius 3 is 3.11 bits per heavy atom. The zero-order valence-corrected chi connectivity index (χ0v) is 12.4. The molecule has 1 saturated heterocycles.